The molecule has 160 valence electrons. The SMILES string of the molecule is CCOC(=O)c1c(NC(=O)/C=C/c2ccco2)sc(C(=O)OC2CCCCC2)c1C. The van der Waals surface area contributed by atoms with Crippen LogP contribution < -0.4 is 5.32 Å². The number of amides is 1. The Hall–Kier alpha value is -2.87. The van der Waals surface area contributed by atoms with Gasteiger partial charge < -0.3 is 19.2 Å². The van der Waals surface area contributed by atoms with Crippen molar-refractivity contribution >= 4 is 40.3 Å². The number of thiophene rings is 1. The molecule has 0 atom stereocenters. The van der Waals surface area contributed by atoms with E-state index in [4.69, 9.17) is 13.9 Å². The molecule has 0 bridgehead atoms. The van der Waals surface area contributed by atoms with Crippen molar-refractivity contribution in [3.63, 3.8) is 0 Å². The molecular weight excluding hydrogens is 406 g/mol. The number of nitrogens with one attached hydrogen (secondary N) is 1. The summed E-state index contributed by atoms with van der Waals surface area (Å²) in [7, 11) is 0. The summed E-state index contributed by atoms with van der Waals surface area (Å²) < 4.78 is 15.9. The lowest BCUT2D eigenvalue weighted by molar-refractivity contribution is -0.111. The summed E-state index contributed by atoms with van der Waals surface area (Å²) in [6, 6.07) is 3.42. The Balaban J connectivity index is 1.81. The summed E-state index contributed by atoms with van der Waals surface area (Å²) in [4.78, 5) is 37.9. The maximum absolute atomic E-state index is 12.7. The van der Waals surface area contributed by atoms with E-state index in [-0.39, 0.29) is 23.3 Å². The highest BCUT2D eigenvalue weighted by molar-refractivity contribution is 7.18. The van der Waals surface area contributed by atoms with E-state index in [1.807, 2.05) is 0 Å². The summed E-state index contributed by atoms with van der Waals surface area (Å²) in [6.07, 6.45) is 9.14. The lowest BCUT2D eigenvalue weighted by atomic mass is 9.98. The molecule has 0 radical (unpaired) electrons. The van der Waals surface area contributed by atoms with E-state index in [1.165, 1.54) is 18.4 Å². The van der Waals surface area contributed by atoms with E-state index in [0.29, 0.717) is 16.2 Å². The molecule has 3 rings (SSSR count). The van der Waals surface area contributed by atoms with Crippen LogP contribution in [0.25, 0.3) is 6.08 Å². The molecule has 0 aliphatic heterocycles. The highest BCUT2D eigenvalue weighted by Crippen LogP contribution is 2.35. The smallest absolute Gasteiger partial charge is 0.348 e. The van der Waals surface area contributed by atoms with Crippen molar-refractivity contribution < 1.29 is 28.3 Å². The lowest BCUT2D eigenvalue weighted by Gasteiger charge is -2.21. The number of ether oxygens (including phenoxy) is 2. The van der Waals surface area contributed by atoms with Crippen LogP contribution in [0.5, 0.6) is 0 Å². The van der Waals surface area contributed by atoms with Crippen molar-refractivity contribution in [2.24, 2.45) is 0 Å². The predicted octanol–water partition coefficient (Wildman–Crippen LogP) is 4.97. The van der Waals surface area contributed by atoms with Crippen LogP contribution in [0, 0.1) is 6.92 Å². The predicted molar refractivity (Wildman–Crippen MR) is 114 cm³/mol. The third-order valence-electron chi connectivity index (χ3n) is 4.82. The molecule has 2 aromatic heterocycles. The van der Waals surface area contributed by atoms with Gasteiger partial charge in [0.1, 0.15) is 21.7 Å². The van der Waals surface area contributed by atoms with E-state index in [1.54, 1.807) is 26.0 Å². The van der Waals surface area contributed by atoms with Crippen molar-refractivity contribution in [3.8, 4) is 0 Å². The standard InChI is InChI=1S/C22H25NO6S/c1-3-27-21(25)18-14(2)19(22(26)29-16-8-5-4-6-9-16)30-20(18)23-17(24)12-11-15-10-7-13-28-15/h7,10-13,16H,3-6,8-9H2,1-2H3,(H,23,24)/b12-11+. The van der Waals surface area contributed by atoms with E-state index >= 15 is 0 Å². The molecule has 1 fully saturated rings. The maximum Gasteiger partial charge on any atom is 0.348 e. The zero-order valence-electron chi connectivity index (χ0n) is 17.1. The number of esters is 2. The summed E-state index contributed by atoms with van der Waals surface area (Å²) in [6.45, 7) is 3.54. The van der Waals surface area contributed by atoms with Gasteiger partial charge in [-0.1, -0.05) is 6.42 Å². The molecule has 0 aromatic carbocycles. The molecule has 0 saturated heterocycles. The molecule has 0 spiro atoms. The largest absolute Gasteiger partial charge is 0.465 e. The quantitative estimate of drug-likeness (QED) is 0.491. The highest BCUT2D eigenvalue weighted by Gasteiger charge is 2.28. The van der Waals surface area contributed by atoms with Crippen LogP contribution in [-0.4, -0.2) is 30.6 Å². The van der Waals surface area contributed by atoms with Gasteiger partial charge in [0.05, 0.1) is 18.4 Å². The molecule has 1 N–H and O–H groups in total. The average molecular weight is 432 g/mol. The van der Waals surface area contributed by atoms with Gasteiger partial charge in [-0.15, -0.1) is 11.3 Å². The minimum absolute atomic E-state index is 0.104. The first-order chi connectivity index (χ1) is 14.5. The van der Waals surface area contributed by atoms with Crippen molar-refractivity contribution in [3.05, 3.63) is 46.2 Å². The molecular formula is C22H25NO6S. The van der Waals surface area contributed by atoms with Gasteiger partial charge >= 0.3 is 11.9 Å². The van der Waals surface area contributed by atoms with Crippen LogP contribution in [0.4, 0.5) is 5.00 Å². The normalized spacial score (nSPS) is 14.6. The monoisotopic (exact) mass is 431 g/mol. The Morgan fingerprint density at radius 3 is 2.67 bits per heavy atom. The molecule has 2 aromatic rings. The van der Waals surface area contributed by atoms with Crippen molar-refractivity contribution in [2.45, 2.75) is 52.1 Å². The Bertz CT molecular complexity index is 922. The molecule has 1 aliphatic carbocycles. The van der Waals surface area contributed by atoms with Crippen molar-refractivity contribution in [1.29, 1.82) is 0 Å². The van der Waals surface area contributed by atoms with Crippen LogP contribution in [0.3, 0.4) is 0 Å². The van der Waals surface area contributed by atoms with Gasteiger partial charge in [0.15, 0.2) is 0 Å². The number of hydrogen-bond donors (Lipinski definition) is 1. The third-order valence-corrected chi connectivity index (χ3v) is 6.00. The number of anilines is 1. The fourth-order valence-electron chi connectivity index (χ4n) is 3.33. The molecule has 1 amide bonds. The minimum Gasteiger partial charge on any atom is -0.465 e. The molecule has 7 nitrogen and oxygen atoms in total. The number of carbonyl (C=O) groups is 3. The van der Waals surface area contributed by atoms with Crippen LogP contribution in [0.1, 0.15) is 70.4 Å². The summed E-state index contributed by atoms with van der Waals surface area (Å²) in [5.74, 6) is -0.991. The van der Waals surface area contributed by atoms with Crippen LogP contribution in [0.15, 0.2) is 28.9 Å². The number of carbonyl (C=O) groups excluding carboxylic acids is 3. The van der Waals surface area contributed by atoms with Gasteiger partial charge in [0.25, 0.3) is 0 Å². The Morgan fingerprint density at radius 1 is 1.23 bits per heavy atom. The molecule has 8 heteroatoms. The topological polar surface area (TPSA) is 94.8 Å². The van der Waals surface area contributed by atoms with Crippen molar-refractivity contribution in [2.75, 3.05) is 11.9 Å². The summed E-state index contributed by atoms with van der Waals surface area (Å²) in [5, 5.41) is 2.93. The zero-order valence-corrected chi connectivity index (χ0v) is 17.9. The first-order valence-corrected chi connectivity index (χ1v) is 10.8. The van der Waals surface area contributed by atoms with Gasteiger partial charge in [-0.05, 0) is 63.3 Å². The molecule has 2 heterocycles. The second-order valence-electron chi connectivity index (χ2n) is 6.98. The van der Waals surface area contributed by atoms with E-state index in [9.17, 15) is 14.4 Å². The minimum atomic E-state index is -0.590. The van der Waals surface area contributed by atoms with Gasteiger partial charge in [0, 0.05) is 6.08 Å². The van der Waals surface area contributed by atoms with E-state index in [0.717, 1.165) is 43.4 Å². The Labute approximate surface area is 179 Å². The van der Waals surface area contributed by atoms with Crippen LogP contribution in [-0.2, 0) is 14.3 Å². The van der Waals surface area contributed by atoms with Gasteiger partial charge in [-0.25, -0.2) is 9.59 Å². The van der Waals surface area contributed by atoms with Gasteiger partial charge in [-0.3, -0.25) is 4.79 Å². The number of rotatable bonds is 7. The first-order valence-electron chi connectivity index (χ1n) is 10.0. The Kier molecular flexibility index (Phi) is 7.46. The molecule has 1 saturated carbocycles. The van der Waals surface area contributed by atoms with Gasteiger partial charge in [0.2, 0.25) is 5.91 Å². The number of furan rings is 1. The van der Waals surface area contributed by atoms with Crippen LogP contribution >= 0.6 is 11.3 Å². The fourth-order valence-corrected chi connectivity index (χ4v) is 4.41. The van der Waals surface area contributed by atoms with E-state index < -0.39 is 17.8 Å². The zero-order chi connectivity index (χ0) is 21.5. The fraction of sp³-hybridized carbons (Fsp3) is 0.409. The molecule has 30 heavy (non-hydrogen) atoms. The number of hydrogen-bond acceptors (Lipinski definition) is 7. The van der Waals surface area contributed by atoms with Gasteiger partial charge in [-0.2, -0.15) is 0 Å². The second kappa shape index (κ2) is 10.2. The van der Waals surface area contributed by atoms with E-state index in [2.05, 4.69) is 5.32 Å². The average Bonchev–Trinajstić information content (AvgIpc) is 3.35. The maximum atomic E-state index is 12.7. The molecule has 0 unspecified atom stereocenters. The molecule has 1 aliphatic rings. The highest BCUT2D eigenvalue weighted by atomic mass is 32.1. The summed E-state index contributed by atoms with van der Waals surface area (Å²) in [5.41, 5.74) is 0.627. The first kappa shape index (κ1) is 21.8. The second-order valence-corrected chi connectivity index (χ2v) is 8.00. The van der Waals surface area contributed by atoms with Crippen molar-refractivity contribution in [1.82, 2.24) is 0 Å². The third kappa shape index (κ3) is 5.38. The summed E-state index contributed by atoms with van der Waals surface area (Å²) >= 11 is 1.02. The lowest BCUT2D eigenvalue weighted by Crippen LogP contribution is -2.21. The van der Waals surface area contributed by atoms with Crippen LogP contribution in [0.2, 0.25) is 0 Å². The Morgan fingerprint density at radius 2 is 2.00 bits per heavy atom.